The highest BCUT2D eigenvalue weighted by Gasteiger charge is 2.08. The summed E-state index contributed by atoms with van der Waals surface area (Å²) in [4.78, 5) is 24.4. The van der Waals surface area contributed by atoms with Gasteiger partial charge in [-0.05, 0) is 49.2 Å². The van der Waals surface area contributed by atoms with Gasteiger partial charge in [0.2, 0.25) is 0 Å². The molecule has 0 aliphatic rings. The van der Waals surface area contributed by atoms with Crippen molar-refractivity contribution in [3.05, 3.63) is 64.5 Å². The monoisotopic (exact) mass is 409 g/mol. The Labute approximate surface area is 173 Å². The van der Waals surface area contributed by atoms with Gasteiger partial charge in [-0.2, -0.15) is 4.68 Å². The van der Waals surface area contributed by atoms with Crippen LogP contribution >= 0.6 is 0 Å². The molecule has 8 nitrogen and oxygen atoms in total. The molecule has 0 atom stereocenters. The molecule has 8 heteroatoms. The fraction of sp³-hybridized carbons (Fsp3) is 0.273. The predicted molar refractivity (Wildman–Crippen MR) is 112 cm³/mol. The van der Waals surface area contributed by atoms with E-state index in [4.69, 9.17) is 14.2 Å². The minimum atomic E-state index is -0.610. The molecule has 0 saturated carbocycles. The van der Waals surface area contributed by atoms with Gasteiger partial charge in [0.05, 0.1) is 18.6 Å². The van der Waals surface area contributed by atoms with Crippen LogP contribution in [0.5, 0.6) is 11.5 Å². The molecule has 3 rings (SSSR count). The van der Waals surface area contributed by atoms with Crippen LogP contribution < -0.4 is 15.0 Å². The minimum Gasteiger partial charge on any atom is -0.490 e. The lowest BCUT2D eigenvalue weighted by Crippen LogP contribution is -2.26. The first-order valence-corrected chi connectivity index (χ1v) is 9.69. The summed E-state index contributed by atoms with van der Waals surface area (Å²) in [6, 6.07) is 12.3. The second-order valence-electron chi connectivity index (χ2n) is 6.32. The van der Waals surface area contributed by atoms with Crippen molar-refractivity contribution in [1.29, 1.82) is 0 Å². The highest BCUT2D eigenvalue weighted by atomic mass is 16.5. The molecule has 1 aromatic heterocycles. The predicted octanol–water partition coefficient (Wildman–Crippen LogP) is 3.19. The first-order valence-electron chi connectivity index (χ1n) is 9.69. The SMILES string of the molecule is CCCOc1ccc(/C=C/C(=O)OCn2nnc3ccccc3c2=O)cc1OCC. The molecule has 0 aliphatic heterocycles. The smallest absolute Gasteiger partial charge is 0.332 e. The molecule has 30 heavy (non-hydrogen) atoms. The van der Waals surface area contributed by atoms with E-state index in [2.05, 4.69) is 10.3 Å². The maximum atomic E-state index is 12.4. The van der Waals surface area contributed by atoms with Crippen molar-refractivity contribution >= 4 is 22.9 Å². The number of esters is 1. The summed E-state index contributed by atoms with van der Waals surface area (Å²) in [6.45, 7) is 4.69. The number of ether oxygens (including phenoxy) is 3. The minimum absolute atomic E-state index is 0.326. The summed E-state index contributed by atoms with van der Waals surface area (Å²) in [5, 5.41) is 8.14. The zero-order chi connectivity index (χ0) is 21.3. The Morgan fingerprint density at radius 3 is 2.73 bits per heavy atom. The van der Waals surface area contributed by atoms with Crippen LogP contribution in [0.2, 0.25) is 0 Å². The highest BCUT2D eigenvalue weighted by molar-refractivity contribution is 5.87. The number of rotatable bonds is 9. The first kappa shape index (κ1) is 21.0. The summed E-state index contributed by atoms with van der Waals surface area (Å²) >= 11 is 0. The number of fused-ring (bicyclic) bond motifs is 1. The van der Waals surface area contributed by atoms with Crippen molar-refractivity contribution < 1.29 is 19.0 Å². The van der Waals surface area contributed by atoms with E-state index in [-0.39, 0.29) is 12.3 Å². The molecule has 0 spiro atoms. The third-order valence-corrected chi connectivity index (χ3v) is 4.10. The van der Waals surface area contributed by atoms with Crippen molar-refractivity contribution in [1.82, 2.24) is 15.0 Å². The largest absolute Gasteiger partial charge is 0.490 e. The molecular formula is C22H23N3O5. The third kappa shape index (κ3) is 5.22. The van der Waals surface area contributed by atoms with Crippen LogP contribution in [0.3, 0.4) is 0 Å². The van der Waals surface area contributed by atoms with Crippen LogP contribution in [0.1, 0.15) is 25.8 Å². The lowest BCUT2D eigenvalue weighted by atomic mass is 10.2. The number of aromatic nitrogens is 3. The van der Waals surface area contributed by atoms with Gasteiger partial charge in [0, 0.05) is 6.08 Å². The quantitative estimate of drug-likeness (QED) is 0.396. The summed E-state index contributed by atoms with van der Waals surface area (Å²) in [6.07, 6.45) is 3.77. The molecule has 0 radical (unpaired) electrons. The van der Waals surface area contributed by atoms with Crippen LogP contribution in [0.15, 0.2) is 53.3 Å². The molecule has 2 aromatic carbocycles. The molecule has 156 valence electrons. The van der Waals surface area contributed by atoms with Crippen LogP contribution in [-0.4, -0.2) is 34.2 Å². The van der Waals surface area contributed by atoms with E-state index in [0.29, 0.717) is 35.6 Å². The fourth-order valence-corrected chi connectivity index (χ4v) is 2.67. The Bertz CT molecular complexity index is 1110. The van der Waals surface area contributed by atoms with Gasteiger partial charge < -0.3 is 14.2 Å². The topological polar surface area (TPSA) is 92.5 Å². The zero-order valence-electron chi connectivity index (χ0n) is 16.9. The van der Waals surface area contributed by atoms with Crippen molar-refractivity contribution in [2.45, 2.75) is 27.0 Å². The van der Waals surface area contributed by atoms with Crippen molar-refractivity contribution in [3.8, 4) is 11.5 Å². The first-order chi connectivity index (χ1) is 14.6. The lowest BCUT2D eigenvalue weighted by molar-refractivity contribution is -0.141. The second kappa shape index (κ2) is 10.2. The average Bonchev–Trinajstić information content (AvgIpc) is 2.77. The van der Waals surface area contributed by atoms with Crippen LogP contribution in [0.25, 0.3) is 17.0 Å². The van der Waals surface area contributed by atoms with E-state index >= 15 is 0 Å². The van der Waals surface area contributed by atoms with Gasteiger partial charge in [0.1, 0.15) is 5.52 Å². The van der Waals surface area contributed by atoms with Gasteiger partial charge in [0.25, 0.3) is 5.56 Å². The zero-order valence-corrected chi connectivity index (χ0v) is 16.9. The van der Waals surface area contributed by atoms with Gasteiger partial charge in [0.15, 0.2) is 18.2 Å². The Morgan fingerprint density at radius 1 is 1.10 bits per heavy atom. The van der Waals surface area contributed by atoms with E-state index in [1.807, 2.05) is 19.9 Å². The summed E-state index contributed by atoms with van der Waals surface area (Å²) < 4.78 is 17.4. The Kier molecular flexibility index (Phi) is 7.15. The standard InChI is InChI=1S/C22H23N3O5/c1-3-13-29-19-11-9-16(14-20(19)28-4-2)10-12-21(26)30-15-25-22(27)17-7-5-6-8-18(17)23-24-25/h5-12,14H,3-4,13,15H2,1-2H3/b12-10+. The molecule has 1 heterocycles. The molecule has 0 N–H and O–H groups in total. The maximum Gasteiger partial charge on any atom is 0.332 e. The van der Waals surface area contributed by atoms with Gasteiger partial charge in [-0.1, -0.05) is 30.3 Å². The number of hydrogen-bond donors (Lipinski definition) is 0. The van der Waals surface area contributed by atoms with Crippen LogP contribution in [0, 0.1) is 0 Å². The normalized spacial score (nSPS) is 11.0. The van der Waals surface area contributed by atoms with Crippen LogP contribution in [0.4, 0.5) is 0 Å². The number of benzene rings is 2. The maximum absolute atomic E-state index is 12.4. The molecule has 0 aliphatic carbocycles. The number of carbonyl (C=O) groups is 1. The number of hydrogen-bond acceptors (Lipinski definition) is 7. The molecule has 3 aromatic rings. The molecule has 0 amide bonds. The van der Waals surface area contributed by atoms with E-state index in [0.717, 1.165) is 16.7 Å². The molecule has 0 bridgehead atoms. The van der Waals surface area contributed by atoms with Gasteiger partial charge >= 0.3 is 5.97 Å². The summed E-state index contributed by atoms with van der Waals surface area (Å²) in [5.74, 6) is 0.660. The van der Waals surface area contributed by atoms with Crippen molar-refractivity contribution in [2.75, 3.05) is 13.2 Å². The van der Waals surface area contributed by atoms with Crippen molar-refractivity contribution in [2.24, 2.45) is 0 Å². The lowest BCUT2D eigenvalue weighted by Gasteiger charge is -2.12. The molecule has 0 saturated heterocycles. The Balaban J connectivity index is 1.65. The Hall–Kier alpha value is -3.68. The second-order valence-corrected chi connectivity index (χ2v) is 6.32. The van der Waals surface area contributed by atoms with Gasteiger partial charge in [-0.25, -0.2) is 4.79 Å². The van der Waals surface area contributed by atoms with E-state index in [9.17, 15) is 9.59 Å². The fourth-order valence-electron chi connectivity index (χ4n) is 2.67. The summed E-state index contributed by atoms with van der Waals surface area (Å²) in [7, 11) is 0. The van der Waals surface area contributed by atoms with Gasteiger partial charge in [-0.3, -0.25) is 4.79 Å². The summed E-state index contributed by atoms with van der Waals surface area (Å²) in [5.41, 5.74) is 0.866. The van der Waals surface area contributed by atoms with Crippen molar-refractivity contribution in [3.63, 3.8) is 0 Å². The van der Waals surface area contributed by atoms with Crippen LogP contribution in [-0.2, 0) is 16.3 Å². The molecule has 0 unspecified atom stereocenters. The van der Waals surface area contributed by atoms with E-state index < -0.39 is 5.97 Å². The average molecular weight is 409 g/mol. The van der Waals surface area contributed by atoms with E-state index in [1.165, 1.54) is 6.08 Å². The third-order valence-electron chi connectivity index (χ3n) is 4.10. The van der Waals surface area contributed by atoms with Gasteiger partial charge in [-0.15, -0.1) is 5.10 Å². The number of carbonyl (C=O) groups excluding carboxylic acids is 1. The number of nitrogens with zero attached hydrogens (tertiary/aromatic N) is 3. The van der Waals surface area contributed by atoms with E-state index in [1.54, 1.807) is 42.5 Å². The highest BCUT2D eigenvalue weighted by Crippen LogP contribution is 2.29. The molecule has 0 fully saturated rings. The Morgan fingerprint density at radius 2 is 1.93 bits per heavy atom. The molecular weight excluding hydrogens is 386 g/mol.